The van der Waals surface area contributed by atoms with Gasteiger partial charge in [0, 0.05) is 37.0 Å². The first-order valence-corrected chi connectivity index (χ1v) is 13.3. The number of nitrogens with zero attached hydrogens (tertiary/aromatic N) is 2. The molecule has 182 valence electrons. The van der Waals surface area contributed by atoms with Gasteiger partial charge in [0.15, 0.2) is 0 Å². The van der Waals surface area contributed by atoms with Gasteiger partial charge in [0.05, 0.1) is 17.5 Å². The highest BCUT2D eigenvalue weighted by Crippen LogP contribution is 2.34. The molecule has 0 bridgehead atoms. The van der Waals surface area contributed by atoms with Crippen LogP contribution in [0.25, 0.3) is 0 Å². The molecule has 2 atom stereocenters. The Kier molecular flexibility index (Phi) is 7.14. The summed E-state index contributed by atoms with van der Waals surface area (Å²) < 4.78 is 42.1. The molecule has 2 aliphatic rings. The molecule has 0 aromatic heterocycles. The number of carbonyl (C=O) groups is 2. The molecule has 2 aromatic carbocycles. The van der Waals surface area contributed by atoms with Crippen LogP contribution in [0.1, 0.15) is 24.3 Å². The second kappa shape index (κ2) is 9.92. The lowest BCUT2D eigenvalue weighted by atomic mass is 9.93. The minimum absolute atomic E-state index is 0.0190. The van der Waals surface area contributed by atoms with Gasteiger partial charge in [-0.1, -0.05) is 23.7 Å². The van der Waals surface area contributed by atoms with E-state index in [1.165, 1.54) is 29.2 Å². The molecule has 0 spiro atoms. The lowest BCUT2D eigenvalue weighted by Gasteiger charge is -2.28. The fraction of sp³-hybridized carbons (Fsp3) is 0.417. The van der Waals surface area contributed by atoms with Crippen LogP contribution in [0.3, 0.4) is 0 Å². The van der Waals surface area contributed by atoms with Gasteiger partial charge in [0.2, 0.25) is 5.91 Å². The lowest BCUT2D eigenvalue weighted by Crippen LogP contribution is -2.44. The molecule has 10 heteroatoms. The topological polar surface area (TPSA) is 84.0 Å². The number of sulfone groups is 1. The van der Waals surface area contributed by atoms with Gasteiger partial charge < -0.3 is 14.5 Å². The summed E-state index contributed by atoms with van der Waals surface area (Å²) in [5.41, 5.74) is 0.928. The van der Waals surface area contributed by atoms with Crippen LogP contribution >= 0.6 is 11.6 Å². The Labute approximate surface area is 203 Å². The van der Waals surface area contributed by atoms with Crippen molar-refractivity contribution in [3.8, 4) is 5.75 Å². The summed E-state index contributed by atoms with van der Waals surface area (Å²) in [6.07, 6.45) is 0.0147. The van der Waals surface area contributed by atoms with Gasteiger partial charge in [0.25, 0.3) is 0 Å². The second-order valence-electron chi connectivity index (χ2n) is 8.83. The number of hydrogen-bond donors (Lipinski definition) is 0. The predicted octanol–water partition coefficient (Wildman–Crippen LogP) is 3.73. The fourth-order valence-corrected chi connectivity index (χ4v) is 6.22. The number of likely N-dealkylation sites (N-methyl/N-ethyl adjacent to an activating group) is 1. The first kappa shape index (κ1) is 24.5. The largest absolute Gasteiger partial charge is 0.415 e. The van der Waals surface area contributed by atoms with Gasteiger partial charge in [0.1, 0.15) is 21.4 Å². The summed E-state index contributed by atoms with van der Waals surface area (Å²) in [6, 6.07) is 12.1. The van der Waals surface area contributed by atoms with Crippen LogP contribution in [0.15, 0.2) is 48.5 Å². The van der Waals surface area contributed by atoms with Crippen molar-refractivity contribution in [2.75, 3.05) is 31.6 Å². The van der Waals surface area contributed by atoms with Gasteiger partial charge >= 0.3 is 6.09 Å². The molecule has 0 aliphatic carbocycles. The van der Waals surface area contributed by atoms with Gasteiger partial charge in [-0.2, -0.15) is 0 Å². The summed E-state index contributed by atoms with van der Waals surface area (Å²) in [5, 5.41) is 0.582. The quantitative estimate of drug-likeness (QED) is 0.628. The lowest BCUT2D eigenvalue weighted by molar-refractivity contribution is -0.134. The molecule has 7 nitrogen and oxygen atoms in total. The standard InChI is InChI=1S/C24H26ClFN2O5S/c1-27(24(30)33-20-8-6-19(26)7-9-20)22-15-28(14-21(22)16-2-4-18(25)5-3-16)23(29)17-10-12-34(31,32)13-11-17/h2-9,17,21-22H,10-15H2,1H3/t21-,22+/m0/s1. The maximum absolute atomic E-state index is 13.2. The molecule has 0 N–H and O–H groups in total. The zero-order chi connectivity index (χ0) is 24.5. The van der Waals surface area contributed by atoms with Crippen molar-refractivity contribution in [2.45, 2.75) is 24.8 Å². The molecule has 2 aromatic rings. The normalized spacial score (nSPS) is 22.4. The van der Waals surface area contributed by atoms with Crippen LogP contribution in [0.2, 0.25) is 5.02 Å². The third-order valence-electron chi connectivity index (χ3n) is 6.61. The maximum Gasteiger partial charge on any atom is 0.415 e. The molecule has 2 fully saturated rings. The zero-order valence-electron chi connectivity index (χ0n) is 18.7. The Morgan fingerprint density at radius 2 is 1.65 bits per heavy atom. The molecule has 0 radical (unpaired) electrons. The van der Waals surface area contributed by atoms with E-state index in [2.05, 4.69) is 0 Å². The van der Waals surface area contributed by atoms with E-state index < -0.39 is 21.7 Å². The third kappa shape index (κ3) is 5.52. The smallest absolute Gasteiger partial charge is 0.410 e. The minimum Gasteiger partial charge on any atom is -0.410 e. The number of halogens is 2. The average Bonchev–Trinajstić information content (AvgIpc) is 3.25. The van der Waals surface area contributed by atoms with Crippen molar-refractivity contribution in [1.82, 2.24) is 9.80 Å². The number of hydrogen-bond acceptors (Lipinski definition) is 5. The summed E-state index contributed by atoms with van der Waals surface area (Å²) >= 11 is 6.05. The maximum atomic E-state index is 13.2. The fourth-order valence-electron chi connectivity index (χ4n) is 4.60. The van der Waals surface area contributed by atoms with Gasteiger partial charge in [-0.25, -0.2) is 17.6 Å². The van der Waals surface area contributed by atoms with Crippen LogP contribution in [0.4, 0.5) is 9.18 Å². The van der Waals surface area contributed by atoms with Crippen LogP contribution in [-0.4, -0.2) is 67.9 Å². The average molecular weight is 509 g/mol. The SMILES string of the molecule is CN(C(=O)Oc1ccc(F)cc1)[C@@H]1CN(C(=O)C2CCS(=O)(=O)CC2)C[C@H]1c1ccc(Cl)cc1. The van der Waals surface area contributed by atoms with Crippen LogP contribution in [0, 0.1) is 11.7 Å². The molecule has 0 unspecified atom stereocenters. The predicted molar refractivity (Wildman–Crippen MR) is 126 cm³/mol. The third-order valence-corrected chi connectivity index (χ3v) is 8.57. The summed E-state index contributed by atoms with van der Waals surface area (Å²) in [5.74, 6) is -0.788. The summed E-state index contributed by atoms with van der Waals surface area (Å²) in [7, 11) is -1.46. The molecule has 34 heavy (non-hydrogen) atoms. The van der Waals surface area contributed by atoms with Crippen LogP contribution in [0.5, 0.6) is 5.75 Å². The van der Waals surface area contributed by atoms with Crippen molar-refractivity contribution in [1.29, 1.82) is 0 Å². The molecule has 2 aliphatic heterocycles. The van der Waals surface area contributed by atoms with E-state index in [9.17, 15) is 22.4 Å². The van der Waals surface area contributed by atoms with Crippen LogP contribution in [-0.2, 0) is 14.6 Å². The van der Waals surface area contributed by atoms with E-state index in [1.807, 2.05) is 12.1 Å². The first-order valence-electron chi connectivity index (χ1n) is 11.1. The first-order chi connectivity index (χ1) is 16.1. The molecular formula is C24H26ClFN2O5S. The zero-order valence-corrected chi connectivity index (χ0v) is 20.3. The molecular weight excluding hydrogens is 483 g/mol. The highest BCUT2D eigenvalue weighted by molar-refractivity contribution is 7.91. The Hall–Kier alpha value is -2.65. The second-order valence-corrected chi connectivity index (χ2v) is 11.6. The number of rotatable bonds is 4. The Balaban J connectivity index is 1.52. The Morgan fingerprint density at radius 1 is 1.03 bits per heavy atom. The van der Waals surface area contributed by atoms with Gasteiger partial charge in [-0.3, -0.25) is 4.79 Å². The van der Waals surface area contributed by atoms with E-state index in [0.29, 0.717) is 31.0 Å². The number of benzene rings is 2. The highest BCUT2D eigenvalue weighted by atomic mass is 35.5. The van der Waals surface area contributed by atoms with E-state index in [4.69, 9.17) is 16.3 Å². The minimum atomic E-state index is -3.07. The Bertz CT molecular complexity index is 1140. The molecule has 2 heterocycles. The van der Waals surface area contributed by atoms with Crippen molar-refractivity contribution in [2.24, 2.45) is 5.92 Å². The van der Waals surface area contributed by atoms with Crippen molar-refractivity contribution in [3.05, 3.63) is 64.9 Å². The monoisotopic (exact) mass is 508 g/mol. The number of ether oxygens (including phenoxy) is 1. The summed E-state index contributed by atoms with van der Waals surface area (Å²) in [4.78, 5) is 29.3. The van der Waals surface area contributed by atoms with Crippen molar-refractivity contribution in [3.63, 3.8) is 0 Å². The van der Waals surface area contributed by atoms with E-state index in [0.717, 1.165) is 5.56 Å². The molecule has 2 amide bonds. The van der Waals surface area contributed by atoms with E-state index in [1.54, 1.807) is 24.1 Å². The van der Waals surface area contributed by atoms with Crippen LogP contribution < -0.4 is 4.74 Å². The van der Waals surface area contributed by atoms with E-state index >= 15 is 0 Å². The molecule has 2 saturated heterocycles. The molecule has 4 rings (SSSR count). The van der Waals surface area contributed by atoms with Crippen molar-refractivity contribution < 1.29 is 27.1 Å². The summed E-state index contributed by atoms with van der Waals surface area (Å²) in [6.45, 7) is 0.687. The number of amides is 2. The molecule has 0 saturated carbocycles. The van der Waals surface area contributed by atoms with Gasteiger partial charge in [-0.05, 0) is 54.8 Å². The van der Waals surface area contributed by atoms with Gasteiger partial charge in [-0.15, -0.1) is 0 Å². The number of likely N-dealkylation sites (tertiary alicyclic amines) is 1. The highest BCUT2D eigenvalue weighted by Gasteiger charge is 2.42. The number of carbonyl (C=O) groups excluding carboxylic acids is 2. The van der Waals surface area contributed by atoms with E-state index in [-0.39, 0.29) is 41.0 Å². The van der Waals surface area contributed by atoms with Crippen molar-refractivity contribution >= 4 is 33.4 Å². The Morgan fingerprint density at radius 3 is 2.26 bits per heavy atom.